The van der Waals surface area contributed by atoms with Gasteiger partial charge in [0.15, 0.2) is 0 Å². The molecule has 0 aliphatic carbocycles. The molecule has 19 heavy (non-hydrogen) atoms. The Morgan fingerprint density at radius 3 is 2.53 bits per heavy atom. The van der Waals surface area contributed by atoms with E-state index in [9.17, 15) is 22.4 Å². The number of hydrogen-bond acceptors (Lipinski definition) is 2. The van der Waals surface area contributed by atoms with Crippen molar-refractivity contribution in [2.75, 3.05) is 20.1 Å². The average molecular weight is 278 g/mol. The second-order valence-corrected chi connectivity index (χ2v) is 4.06. The Kier molecular flexibility index (Phi) is 5.29. The molecule has 0 aliphatic rings. The molecule has 0 saturated carbocycles. The van der Waals surface area contributed by atoms with Crippen molar-refractivity contribution in [2.24, 2.45) is 0 Å². The third-order valence-corrected chi connectivity index (χ3v) is 2.39. The van der Waals surface area contributed by atoms with Crippen molar-refractivity contribution in [3.05, 3.63) is 35.6 Å². The first-order valence-corrected chi connectivity index (χ1v) is 5.54. The zero-order valence-electron chi connectivity index (χ0n) is 10.3. The average Bonchev–Trinajstić information content (AvgIpc) is 2.30. The molecule has 0 aromatic heterocycles. The number of nitrogens with one attached hydrogen (secondary N) is 1. The van der Waals surface area contributed by atoms with Crippen LogP contribution in [0.3, 0.4) is 0 Å². The van der Waals surface area contributed by atoms with E-state index in [0.29, 0.717) is 5.56 Å². The number of likely N-dealkylation sites (N-methyl/N-ethyl adjacent to an activating group) is 1. The minimum atomic E-state index is -4.36. The molecule has 3 nitrogen and oxygen atoms in total. The SMILES string of the molecule is CN(Cc1ccccc1F)C(=O)CNCC(F)(F)F. The number of carbonyl (C=O) groups is 1. The van der Waals surface area contributed by atoms with Gasteiger partial charge in [-0.05, 0) is 6.07 Å². The standard InChI is InChI=1S/C12H14F4N2O/c1-18(7-9-4-2-3-5-10(9)13)11(19)6-17-8-12(14,15)16/h2-5,17H,6-8H2,1H3. The van der Waals surface area contributed by atoms with Crippen molar-refractivity contribution >= 4 is 5.91 Å². The van der Waals surface area contributed by atoms with Gasteiger partial charge in [-0.2, -0.15) is 13.2 Å². The summed E-state index contributed by atoms with van der Waals surface area (Å²) in [5.41, 5.74) is 0.314. The van der Waals surface area contributed by atoms with Gasteiger partial charge in [-0.15, -0.1) is 0 Å². The lowest BCUT2D eigenvalue weighted by atomic mass is 10.2. The highest BCUT2D eigenvalue weighted by molar-refractivity contribution is 5.77. The fourth-order valence-corrected chi connectivity index (χ4v) is 1.42. The summed E-state index contributed by atoms with van der Waals surface area (Å²) in [6.45, 7) is -1.66. The van der Waals surface area contributed by atoms with E-state index in [1.54, 1.807) is 6.07 Å². The topological polar surface area (TPSA) is 32.3 Å². The van der Waals surface area contributed by atoms with Gasteiger partial charge in [-0.1, -0.05) is 18.2 Å². The highest BCUT2D eigenvalue weighted by Gasteiger charge is 2.26. The largest absolute Gasteiger partial charge is 0.401 e. The van der Waals surface area contributed by atoms with Crippen LogP contribution in [0.25, 0.3) is 0 Å². The lowest BCUT2D eigenvalue weighted by Crippen LogP contribution is -2.39. The minimum absolute atomic E-state index is 0.0131. The van der Waals surface area contributed by atoms with Crippen molar-refractivity contribution in [2.45, 2.75) is 12.7 Å². The normalized spacial score (nSPS) is 11.4. The predicted octanol–water partition coefficient (Wildman–Crippen LogP) is 1.94. The molecular formula is C12H14F4N2O. The first kappa shape index (κ1) is 15.4. The van der Waals surface area contributed by atoms with Gasteiger partial charge in [0.1, 0.15) is 5.82 Å². The fraction of sp³-hybridized carbons (Fsp3) is 0.417. The zero-order valence-corrected chi connectivity index (χ0v) is 10.3. The van der Waals surface area contributed by atoms with E-state index in [-0.39, 0.29) is 6.54 Å². The molecule has 0 fully saturated rings. The van der Waals surface area contributed by atoms with Crippen molar-refractivity contribution in [3.63, 3.8) is 0 Å². The van der Waals surface area contributed by atoms with E-state index in [4.69, 9.17) is 0 Å². The summed E-state index contributed by atoms with van der Waals surface area (Å²) in [5.74, 6) is -0.988. The maximum Gasteiger partial charge on any atom is 0.401 e. The Hall–Kier alpha value is -1.63. The van der Waals surface area contributed by atoms with Gasteiger partial charge in [0.25, 0.3) is 0 Å². The molecule has 0 unspecified atom stereocenters. The van der Waals surface area contributed by atoms with Crippen LogP contribution in [-0.2, 0) is 11.3 Å². The van der Waals surface area contributed by atoms with Crippen LogP contribution in [-0.4, -0.2) is 37.1 Å². The van der Waals surface area contributed by atoms with Crippen LogP contribution in [0.5, 0.6) is 0 Å². The monoisotopic (exact) mass is 278 g/mol. The predicted molar refractivity (Wildman–Crippen MR) is 61.8 cm³/mol. The molecule has 0 saturated heterocycles. The first-order chi connectivity index (χ1) is 8.79. The van der Waals surface area contributed by atoms with E-state index in [1.807, 2.05) is 5.32 Å². The lowest BCUT2D eigenvalue weighted by Gasteiger charge is -2.18. The summed E-state index contributed by atoms with van der Waals surface area (Å²) in [4.78, 5) is 12.7. The second-order valence-electron chi connectivity index (χ2n) is 4.06. The molecule has 1 rings (SSSR count). The number of halogens is 4. The van der Waals surface area contributed by atoms with Crippen molar-refractivity contribution in [1.82, 2.24) is 10.2 Å². The first-order valence-electron chi connectivity index (χ1n) is 5.54. The molecule has 0 spiro atoms. The van der Waals surface area contributed by atoms with Gasteiger partial charge in [-0.3, -0.25) is 4.79 Å². The zero-order chi connectivity index (χ0) is 14.5. The van der Waals surface area contributed by atoms with Crippen LogP contribution in [0.15, 0.2) is 24.3 Å². The van der Waals surface area contributed by atoms with Gasteiger partial charge in [0.2, 0.25) is 5.91 Å². The summed E-state index contributed by atoms with van der Waals surface area (Å²) in [6, 6.07) is 5.92. The van der Waals surface area contributed by atoms with E-state index < -0.39 is 31.0 Å². The third kappa shape index (κ3) is 5.69. The molecule has 1 aromatic carbocycles. The van der Waals surface area contributed by atoms with Gasteiger partial charge in [0.05, 0.1) is 13.1 Å². The molecule has 0 heterocycles. The third-order valence-electron chi connectivity index (χ3n) is 2.39. The lowest BCUT2D eigenvalue weighted by molar-refractivity contribution is -0.133. The summed E-state index contributed by atoms with van der Waals surface area (Å²) < 4.78 is 48.9. The number of rotatable bonds is 5. The molecule has 7 heteroatoms. The van der Waals surface area contributed by atoms with Crippen molar-refractivity contribution in [3.8, 4) is 0 Å². The van der Waals surface area contributed by atoms with Crippen molar-refractivity contribution < 1.29 is 22.4 Å². The van der Waals surface area contributed by atoms with E-state index in [1.165, 1.54) is 30.1 Å². The molecule has 1 amide bonds. The summed E-state index contributed by atoms with van der Waals surface area (Å²) in [7, 11) is 1.41. The van der Waals surface area contributed by atoms with Gasteiger partial charge in [-0.25, -0.2) is 4.39 Å². The number of nitrogens with zero attached hydrogens (tertiary/aromatic N) is 1. The molecular weight excluding hydrogens is 264 g/mol. The molecule has 0 bridgehead atoms. The summed E-state index contributed by atoms with van der Waals surface area (Å²) in [5, 5.41) is 2.00. The number of alkyl halides is 3. The maximum atomic E-state index is 13.3. The molecule has 106 valence electrons. The van der Waals surface area contributed by atoms with E-state index >= 15 is 0 Å². The van der Waals surface area contributed by atoms with Crippen LogP contribution < -0.4 is 5.32 Å². The van der Waals surface area contributed by atoms with E-state index in [2.05, 4.69) is 0 Å². The van der Waals surface area contributed by atoms with Crippen LogP contribution in [0.4, 0.5) is 17.6 Å². The Morgan fingerprint density at radius 1 is 1.32 bits per heavy atom. The highest BCUT2D eigenvalue weighted by Crippen LogP contribution is 2.12. The Balaban J connectivity index is 2.43. The van der Waals surface area contributed by atoms with Crippen molar-refractivity contribution in [1.29, 1.82) is 0 Å². The number of amides is 1. The molecule has 0 aliphatic heterocycles. The number of carbonyl (C=O) groups excluding carboxylic acids is 1. The summed E-state index contributed by atoms with van der Waals surface area (Å²) in [6.07, 6.45) is -4.36. The Bertz CT molecular complexity index is 434. The van der Waals surface area contributed by atoms with Gasteiger partial charge >= 0.3 is 6.18 Å². The molecule has 0 atom stereocenters. The molecule has 1 N–H and O–H groups in total. The smallest absolute Gasteiger partial charge is 0.340 e. The fourth-order valence-electron chi connectivity index (χ4n) is 1.42. The van der Waals surface area contributed by atoms with Crippen LogP contribution in [0.2, 0.25) is 0 Å². The number of benzene rings is 1. The van der Waals surface area contributed by atoms with Crippen LogP contribution in [0.1, 0.15) is 5.56 Å². The summed E-state index contributed by atoms with van der Waals surface area (Å²) >= 11 is 0. The minimum Gasteiger partial charge on any atom is -0.340 e. The molecule has 1 aromatic rings. The van der Waals surface area contributed by atoms with Gasteiger partial charge < -0.3 is 10.2 Å². The quantitative estimate of drug-likeness (QED) is 0.835. The van der Waals surface area contributed by atoms with E-state index in [0.717, 1.165) is 0 Å². The van der Waals surface area contributed by atoms with Crippen LogP contribution in [0, 0.1) is 5.82 Å². The molecule has 0 radical (unpaired) electrons. The number of hydrogen-bond donors (Lipinski definition) is 1. The van der Waals surface area contributed by atoms with Gasteiger partial charge in [0, 0.05) is 19.2 Å². The highest BCUT2D eigenvalue weighted by atomic mass is 19.4. The second kappa shape index (κ2) is 6.51. The van der Waals surface area contributed by atoms with Crippen LogP contribution >= 0.6 is 0 Å². The Morgan fingerprint density at radius 2 is 1.95 bits per heavy atom. The maximum absolute atomic E-state index is 13.3. The Labute approximate surface area is 108 Å².